The van der Waals surface area contributed by atoms with E-state index in [-0.39, 0.29) is 0 Å². The van der Waals surface area contributed by atoms with Gasteiger partial charge < -0.3 is 10.5 Å². The zero-order valence-corrected chi connectivity index (χ0v) is 12.0. The first kappa shape index (κ1) is 12.5. The van der Waals surface area contributed by atoms with Gasteiger partial charge in [0.05, 0.1) is 12.7 Å². The van der Waals surface area contributed by atoms with Crippen molar-refractivity contribution in [2.45, 2.75) is 38.0 Å². The topological polar surface area (TPSA) is 38.5 Å². The quantitative estimate of drug-likeness (QED) is 0.854. The van der Waals surface area contributed by atoms with Crippen LogP contribution in [0.4, 0.5) is 5.69 Å². The highest BCUT2D eigenvalue weighted by Gasteiger charge is 2.35. The minimum absolute atomic E-state index is 0.457. The third-order valence-corrected chi connectivity index (χ3v) is 4.81. The number of halogens is 1. The van der Waals surface area contributed by atoms with Crippen LogP contribution in [0.3, 0.4) is 0 Å². The molecule has 0 aromatic heterocycles. The van der Waals surface area contributed by atoms with Crippen molar-refractivity contribution in [3.05, 3.63) is 28.2 Å². The number of rotatable bonds is 2. The van der Waals surface area contributed by atoms with Gasteiger partial charge in [-0.2, -0.15) is 0 Å². The lowest BCUT2D eigenvalue weighted by Gasteiger charge is -2.37. The first-order valence-corrected chi connectivity index (χ1v) is 7.43. The van der Waals surface area contributed by atoms with E-state index in [9.17, 15) is 0 Å². The van der Waals surface area contributed by atoms with E-state index in [4.69, 9.17) is 10.5 Å². The molecule has 1 aromatic carbocycles. The van der Waals surface area contributed by atoms with Gasteiger partial charge in [-0.1, -0.05) is 15.9 Å². The monoisotopic (exact) mass is 310 g/mol. The smallest absolute Gasteiger partial charge is 0.0731 e. The van der Waals surface area contributed by atoms with Crippen molar-refractivity contribution >= 4 is 21.6 Å². The molecule has 1 saturated carbocycles. The Hall–Kier alpha value is -0.580. The molecule has 1 saturated heterocycles. The maximum absolute atomic E-state index is 5.88. The number of hydrogen-bond acceptors (Lipinski definition) is 3. The summed E-state index contributed by atoms with van der Waals surface area (Å²) in [6, 6.07) is 6.65. The fourth-order valence-corrected chi connectivity index (χ4v) is 3.51. The van der Waals surface area contributed by atoms with Crippen LogP contribution in [0.2, 0.25) is 0 Å². The van der Waals surface area contributed by atoms with Crippen LogP contribution < -0.4 is 5.73 Å². The molecule has 98 valence electrons. The summed E-state index contributed by atoms with van der Waals surface area (Å²) >= 11 is 3.62. The van der Waals surface area contributed by atoms with E-state index in [1.165, 1.54) is 24.8 Å². The van der Waals surface area contributed by atoms with Gasteiger partial charge in [0.2, 0.25) is 0 Å². The Bertz CT molecular complexity index is 438. The van der Waals surface area contributed by atoms with E-state index in [0.717, 1.165) is 29.9 Å². The highest BCUT2D eigenvalue weighted by atomic mass is 79.9. The van der Waals surface area contributed by atoms with Crippen LogP contribution >= 0.6 is 15.9 Å². The van der Waals surface area contributed by atoms with Gasteiger partial charge >= 0.3 is 0 Å². The number of fused-ring (bicyclic) bond motifs is 1. The highest BCUT2D eigenvalue weighted by molar-refractivity contribution is 9.10. The third-order valence-electron chi connectivity index (χ3n) is 4.04. The molecule has 3 rings (SSSR count). The van der Waals surface area contributed by atoms with Crippen LogP contribution in [-0.2, 0) is 11.3 Å². The molecule has 4 heteroatoms. The molecule has 2 fully saturated rings. The average Bonchev–Trinajstić information content (AvgIpc) is 2.83. The summed E-state index contributed by atoms with van der Waals surface area (Å²) in [5, 5.41) is 0. The Kier molecular flexibility index (Phi) is 3.59. The van der Waals surface area contributed by atoms with Crippen LogP contribution in [0.5, 0.6) is 0 Å². The number of nitrogen functional groups attached to an aromatic ring is 1. The largest absolute Gasteiger partial charge is 0.399 e. The van der Waals surface area contributed by atoms with E-state index in [0.29, 0.717) is 12.1 Å². The van der Waals surface area contributed by atoms with Crippen LogP contribution in [0, 0.1) is 0 Å². The second kappa shape index (κ2) is 5.19. The summed E-state index contributed by atoms with van der Waals surface area (Å²) in [5.41, 5.74) is 7.99. The van der Waals surface area contributed by atoms with Gasteiger partial charge in [0.1, 0.15) is 0 Å². The van der Waals surface area contributed by atoms with Gasteiger partial charge in [-0.3, -0.25) is 4.90 Å². The molecule has 2 unspecified atom stereocenters. The van der Waals surface area contributed by atoms with Gasteiger partial charge in [0.15, 0.2) is 0 Å². The Labute approximate surface area is 116 Å². The number of ether oxygens (including phenoxy) is 1. The molecule has 2 atom stereocenters. The SMILES string of the molecule is Nc1ccc(Br)c(CN2CCOC3CCCC32)c1. The van der Waals surface area contributed by atoms with Crippen LogP contribution in [0.25, 0.3) is 0 Å². The molecule has 1 aliphatic carbocycles. The number of morpholine rings is 1. The minimum Gasteiger partial charge on any atom is -0.399 e. The van der Waals surface area contributed by atoms with E-state index in [1.54, 1.807) is 0 Å². The Morgan fingerprint density at radius 3 is 3.17 bits per heavy atom. The molecule has 1 aromatic rings. The second-order valence-electron chi connectivity index (χ2n) is 5.23. The maximum atomic E-state index is 5.88. The van der Waals surface area contributed by atoms with Crippen molar-refractivity contribution < 1.29 is 4.74 Å². The van der Waals surface area contributed by atoms with E-state index >= 15 is 0 Å². The molecule has 0 bridgehead atoms. The predicted molar refractivity (Wildman–Crippen MR) is 76.3 cm³/mol. The summed E-state index contributed by atoms with van der Waals surface area (Å²) in [7, 11) is 0. The average molecular weight is 311 g/mol. The standard InChI is InChI=1S/C14H19BrN2O/c15-12-5-4-11(16)8-10(12)9-17-6-7-18-14-3-1-2-13(14)17/h4-5,8,13-14H,1-3,6-7,9,16H2. The number of anilines is 1. The molecule has 2 N–H and O–H groups in total. The molecule has 3 nitrogen and oxygen atoms in total. The zero-order chi connectivity index (χ0) is 12.5. The summed E-state index contributed by atoms with van der Waals surface area (Å²) in [4.78, 5) is 2.56. The number of nitrogens with two attached hydrogens (primary N) is 1. The third kappa shape index (κ3) is 2.42. The lowest BCUT2D eigenvalue weighted by atomic mass is 10.1. The molecule has 18 heavy (non-hydrogen) atoms. The first-order chi connectivity index (χ1) is 8.74. The summed E-state index contributed by atoms with van der Waals surface area (Å²) in [5.74, 6) is 0. The molecule has 1 aliphatic heterocycles. The van der Waals surface area contributed by atoms with Gasteiger partial charge in [-0.15, -0.1) is 0 Å². The lowest BCUT2D eigenvalue weighted by molar-refractivity contribution is -0.0588. The van der Waals surface area contributed by atoms with E-state index in [1.807, 2.05) is 12.1 Å². The summed E-state index contributed by atoms with van der Waals surface area (Å²) < 4.78 is 7.00. The molecule has 2 aliphatic rings. The highest BCUT2D eigenvalue weighted by Crippen LogP contribution is 2.32. The fourth-order valence-electron chi connectivity index (χ4n) is 3.14. The summed E-state index contributed by atoms with van der Waals surface area (Å²) in [6.45, 7) is 2.86. The van der Waals surface area contributed by atoms with Crippen molar-refractivity contribution in [2.75, 3.05) is 18.9 Å². The van der Waals surface area contributed by atoms with E-state index < -0.39 is 0 Å². The minimum atomic E-state index is 0.457. The van der Waals surface area contributed by atoms with Crippen molar-refractivity contribution in [1.82, 2.24) is 4.90 Å². The fraction of sp³-hybridized carbons (Fsp3) is 0.571. The first-order valence-electron chi connectivity index (χ1n) is 6.63. The maximum Gasteiger partial charge on any atom is 0.0731 e. The van der Waals surface area contributed by atoms with Gasteiger partial charge in [0.25, 0.3) is 0 Å². The van der Waals surface area contributed by atoms with Crippen LogP contribution in [0.1, 0.15) is 24.8 Å². The zero-order valence-electron chi connectivity index (χ0n) is 10.4. The van der Waals surface area contributed by atoms with Crippen molar-refractivity contribution in [1.29, 1.82) is 0 Å². The van der Waals surface area contributed by atoms with Gasteiger partial charge in [0, 0.05) is 29.3 Å². The Balaban J connectivity index is 1.77. The lowest BCUT2D eigenvalue weighted by Crippen LogP contribution is -2.47. The normalized spacial score (nSPS) is 28.3. The van der Waals surface area contributed by atoms with E-state index in [2.05, 4.69) is 26.9 Å². The molecular weight excluding hydrogens is 292 g/mol. The van der Waals surface area contributed by atoms with Gasteiger partial charge in [-0.05, 0) is 43.0 Å². The second-order valence-corrected chi connectivity index (χ2v) is 6.08. The number of benzene rings is 1. The van der Waals surface area contributed by atoms with Crippen LogP contribution in [-0.4, -0.2) is 30.2 Å². The number of nitrogens with zero attached hydrogens (tertiary/aromatic N) is 1. The number of hydrogen-bond donors (Lipinski definition) is 1. The molecule has 0 spiro atoms. The van der Waals surface area contributed by atoms with Gasteiger partial charge in [-0.25, -0.2) is 0 Å². The van der Waals surface area contributed by atoms with Crippen LogP contribution in [0.15, 0.2) is 22.7 Å². The molecule has 0 amide bonds. The van der Waals surface area contributed by atoms with Crippen molar-refractivity contribution in [3.63, 3.8) is 0 Å². The molecule has 0 radical (unpaired) electrons. The molecule has 1 heterocycles. The van der Waals surface area contributed by atoms with Crippen molar-refractivity contribution in [3.8, 4) is 0 Å². The summed E-state index contributed by atoms with van der Waals surface area (Å²) in [6.07, 6.45) is 4.24. The molecular formula is C14H19BrN2O. The Morgan fingerprint density at radius 1 is 1.39 bits per heavy atom. The Morgan fingerprint density at radius 2 is 2.28 bits per heavy atom. The van der Waals surface area contributed by atoms with Crippen molar-refractivity contribution in [2.24, 2.45) is 0 Å². The predicted octanol–water partition coefficient (Wildman–Crippen LogP) is 2.78.